The number of hydrogen-bond acceptors (Lipinski definition) is 5. The summed E-state index contributed by atoms with van der Waals surface area (Å²) in [6.07, 6.45) is -3.75. The molecule has 0 aliphatic rings. The topological polar surface area (TPSA) is 103 Å². The van der Waals surface area contributed by atoms with E-state index in [0.717, 1.165) is 15.3 Å². The van der Waals surface area contributed by atoms with Crippen molar-refractivity contribution >= 4 is 22.2 Å². The number of nitrogens with one attached hydrogen (secondary N) is 2. The van der Waals surface area contributed by atoms with Gasteiger partial charge in [-0.15, -0.1) is 0 Å². The van der Waals surface area contributed by atoms with Crippen molar-refractivity contribution < 1.29 is 23.1 Å². The number of aliphatic hydroxyl groups excluding tert-OH is 1. The van der Waals surface area contributed by atoms with Crippen molar-refractivity contribution in [1.82, 2.24) is 24.8 Å². The zero-order valence-electron chi connectivity index (χ0n) is 22.2. The van der Waals surface area contributed by atoms with Crippen molar-refractivity contribution in [1.29, 1.82) is 0 Å². The first kappa shape index (κ1) is 28.1. The van der Waals surface area contributed by atoms with Gasteiger partial charge in [-0.1, -0.05) is 73.7 Å². The van der Waals surface area contributed by atoms with Crippen LogP contribution in [0.2, 0.25) is 0 Å². The quantitative estimate of drug-likeness (QED) is 0.242. The van der Waals surface area contributed by atoms with Crippen molar-refractivity contribution in [2.24, 2.45) is 0 Å². The maximum Gasteiger partial charge on any atom is 0.421 e. The van der Waals surface area contributed by atoms with Crippen LogP contribution in [0, 0.1) is 0 Å². The summed E-state index contributed by atoms with van der Waals surface area (Å²) in [6.45, 7) is 2.88. The van der Waals surface area contributed by atoms with Gasteiger partial charge in [0.25, 0.3) is 11.5 Å². The molecule has 0 radical (unpaired) electrons. The first-order chi connectivity index (χ1) is 19.7. The maximum absolute atomic E-state index is 14.4. The van der Waals surface area contributed by atoms with Crippen LogP contribution in [0.4, 0.5) is 13.2 Å². The number of nitrogens with zero attached hydrogens (tertiary/aromatic N) is 3. The Morgan fingerprint density at radius 3 is 2.46 bits per heavy atom. The minimum atomic E-state index is -5.03. The van der Waals surface area contributed by atoms with E-state index in [2.05, 4.69) is 15.4 Å². The summed E-state index contributed by atoms with van der Waals surface area (Å²) < 4.78 is 43.9. The lowest BCUT2D eigenvalue weighted by Gasteiger charge is -2.27. The number of fused-ring (bicyclic) bond motifs is 2. The predicted octanol–water partition coefficient (Wildman–Crippen LogP) is 4.65. The summed E-state index contributed by atoms with van der Waals surface area (Å²) in [4.78, 5) is 30.9. The van der Waals surface area contributed by atoms with E-state index < -0.39 is 40.5 Å². The second kappa shape index (κ2) is 11.6. The van der Waals surface area contributed by atoms with Gasteiger partial charge >= 0.3 is 6.18 Å². The Morgan fingerprint density at radius 1 is 1.07 bits per heavy atom. The van der Waals surface area contributed by atoms with Gasteiger partial charge in [0.2, 0.25) is 0 Å². The third-order valence-electron chi connectivity index (χ3n) is 7.00. The van der Waals surface area contributed by atoms with Crippen LogP contribution in [0.15, 0.2) is 83.8 Å². The van der Waals surface area contributed by atoms with E-state index in [9.17, 15) is 27.9 Å². The lowest BCUT2D eigenvalue weighted by atomic mass is 10.1. The second-order valence-electron chi connectivity index (χ2n) is 9.63. The van der Waals surface area contributed by atoms with E-state index in [1.807, 2.05) is 48.2 Å². The number of carbonyl (C=O) groups excluding carboxylic acids is 1. The predicted molar refractivity (Wildman–Crippen MR) is 150 cm³/mol. The van der Waals surface area contributed by atoms with Gasteiger partial charge in [0.05, 0.1) is 24.5 Å². The summed E-state index contributed by atoms with van der Waals surface area (Å²) in [5.41, 5.74) is -2.59. The Bertz CT molecular complexity index is 1750. The molecule has 1 atom stereocenters. The molecule has 0 fully saturated rings. The van der Waals surface area contributed by atoms with Gasteiger partial charge in [0.15, 0.2) is 5.69 Å². The van der Waals surface area contributed by atoms with Gasteiger partial charge in [-0.2, -0.15) is 18.3 Å². The minimum absolute atomic E-state index is 0.115. The number of alkyl halides is 3. The number of amides is 1. The van der Waals surface area contributed by atoms with Crippen molar-refractivity contribution in [3.63, 3.8) is 0 Å². The standard InChI is InChI=1S/C30H28F3N5O3/c1-2-37(14-15-39)17-23(20-9-4-3-5-10-20)34-28(40)26-25(30(31,32)33)27-29(41)35-24(18-38(27)36-26)22-13-12-19-8-6-7-11-21(19)16-22/h3-13,16,18,23,39H,2,14-15,17H2,1H3,(H,34,40)(H,35,41). The molecule has 0 aliphatic heterocycles. The van der Waals surface area contributed by atoms with E-state index >= 15 is 0 Å². The number of aliphatic hydroxyl groups is 1. The first-order valence-electron chi connectivity index (χ1n) is 13.1. The van der Waals surface area contributed by atoms with Gasteiger partial charge in [-0.05, 0) is 28.9 Å². The van der Waals surface area contributed by atoms with Crippen LogP contribution in [0.1, 0.15) is 34.6 Å². The van der Waals surface area contributed by atoms with Crippen molar-refractivity contribution in [3.8, 4) is 11.3 Å². The number of H-pyrrole nitrogens is 1. The zero-order chi connectivity index (χ0) is 29.1. The molecule has 41 heavy (non-hydrogen) atoms. The fourth-order valence-corrected chi connectivity index (χ4v) is 4.94. The largest absolute Gasteiger partial charge is 0.421 e. The van der Waals surface area contributed by atoms with Gasteiger partial charge < -0.3 is 15.4 Å². The summed E-state index contributed by atoms with van der Waals surface area (Å²) in [5, 5.41) is 17.9. The van der Waals surface area contributed by atoms with Crippen molar-refractivity contribution in [3.05, 3.63) is 106 Å². The summed E-state index contributed by atoms with van der Waals surface area (Å²) in [6, 6.07) is 21.1. The highest BCUT2D eigenvalue weighted by Crippen LogP contribution is 2.35. The molecule has 8 nitrogen and oxygen atoms in total. The van der Waals surface area contributed by atoms with Crippen LogP contribution in [0.25, 0.3) is 27.5 Å². The molecule has 2 aromatic heterocycles. The maximum atomic E-state index is 14.4. The molecule has 3 N–H and O–H groups in total. The molecule has 5 aromatic rings. The normalized spacial score (nSPS) is 12.7. The van der Waals surface area contributed by atoms with E-state index in [1.54, 1.807) is 36.4 Å². The highest BCUT2D eigenvalue weighted by atomic mass is 19.4. The van der Waals surface area contributed by atoms with E-state index in [0.29, 0.717) is 24.2 Å². The molecule has 212 valence electrons. The van der Waals surface area contributed by atoms with Crippen LogP contribution in [0.3, 0.4) is 0 Å². The number of rotatable bonds is 9. The fraction of sp³-hybridized carbons (Fsp3) is 0.233. The fourth-order valence-electron chi connectivity index (χ4n) is 4.94. The summed E-state index contributed by atoms with van der Waals surface area (Å²) in [5.74, 6) is -1.07. The Morgan fingerprint density at radius 2 is 1.78 bits per heavy atom. The average molecular weight is 564 g/mol. The molecule has 0 saturated carbocycles. The van der Waals surface area contributed by atoms with E-state index in [-0.39, 0.29) is 18.8 Å². The molecule has 3 aromatic carbocycles. The smallest absolute Gasteiger partial charge is 0.395 e. The molecule has 2 heterocycles. The molecular weight excluding hydrogens is 535 g/mol. The minimum Gasteiger partial charge on any atom is -0.395 e. The Balaban J connectivity index is 1.57. The van der Waals surface area contributed by atoms with Gasteiger partial charge in [0, 0.05) is 18.7 Å². The Kier molecular flexibility index (Phi) is 7.91. The van der Waals surface area contributed by atoms with Gasteiger partial charge in [-0.3, -0.25) is 14.5 Å². The first-order valence-corrected chi connectivity index (χ1v) is 13.1. The number of likely N-dealkylation sites (N-methyl/N-ethyl adjacent to an activating group) is 1. The van der Waals surface area contributed by atoms with E-state index in [1.165, 1.54) is 6.20 Å². The van der Waals surface area contributed by atoms with Gasteiger partial charge in [-0.25, -0.2) is 4.52 Å². The lowest BCUT2D eigenvalue weighted by molar-refractivity contribution is -0.136. The molecule has 11 heteroatoms. The molecule has 5 rings (SSSR count). The van der Waals surface area contributed by atoms with Crippen LogP contribution in [-0.2, 0) is 6.18 Å². The Labute approximate surface area is 233 Å². The SMILES string of the molecule is CCN(CCO)CC(NC(=O)c1nn2cc(-c3ccc4ccccc4c3)[nH]c(=O)c2c1C(F)(F)F)c1ccccc1. The van der Waals surface area contributed by atoms with Crippen LogP contribution >= 0.6 is 0 Å². The third-order valence-corrected chi connectivity index (χ3v) is 7.00. The van der Waals surface area contributed by atoms with Crippen molar-refractivity contribution in [2.45, 2.75) is 19.1 Å². The molecule has 1 unspecified atom stereocenters. The van der Waals surface area contributed by atoms with E-state index in [4.69, 9.17) is 0 Å². The Hall–Kier alpha value is -4.48. The monoisotopic (exact) mass is 563 g/mol. The second-order valence-corrected chi connectivity index (χ2v) is 9.63. The molecule has 0 bridgehead atoms. The average Bonchev–Trinajstić information content (AvgIpc) is 3.38. The number of benzene rings is 3. The van der Waals surface area contributed by atoms with Crippen LogP contribution < -0.4 is 10.9 Å². The molecule has 1 amide bonds. The number of carbonyl (C=O) groups is 1. The van der Waals surface area contributed by atoms with Gasteiger partial charge in [0.1, 0.15) is 11.1 Å². The van der Waals surface area contributed by atoms with Crippen LogP contribution in [0.5, 0.6) is 0 Å². The summed E-state index contributed by atoms with van der Waals surface area (Å²) >= 11 is 0. The molecule has 0 aliphatic carbocycles. The number of aromatic amines is 1. The molecule has 0 saturated heterocycles. The van der Waals surface area contributed by atoms with Crippen LogP contribution in [-0.4, -0.2) is 56.8 Å². The number of aromatic nitrogens is 3. The number of hydrogen-bond donors (Lipinski definition) is 3. The van der Waals surface area contributed by atoms with Crippen molar-refractivity contribution in [2.75, 3.05) is 26.2 Å². The lowest BCUT2D eigenvalue weighted by Crippen LogP contribution is -2.39. The third kappa shape index (κ3) is 5.86. The highest BCUT2D eigenvalue weighted by Gasteiger charge is 2.42. The highest BCUT2D eigenvalue weighted by molar-refractivity contribution is 5.96. The number of halogens is 3. The molecule has 0 spiro atoms. The zero-order valence-corrected chi connectivity index (χ0v) is 22.2. The molecular formula is C30H28F3N5O3. The summed E-state index contributed by atoms with van der Waals surface area (Å²) in [7, 11) is 0.